The average molecular weight is 291 g/mol. The molecular weight excluding hydrogens is 280 g/mol. The van der Waals surface area contributed by atoms with E-state index in [-0.39, 0.29) is 11.3 Å². The van der Waals surface area contributed by atoms with Crippen LogP contribution in [0.2, 0.25) is 0 Å². The van der Waals surface area contributed by atoms with E-state index in [2.05, 4.69) is 10.3 Å². The quantitative estimate of drug-likeness (QED) is 0.912. The fourth-order valence-corrected chi connectivity index (χ4v) is 3.32. The van der Waals surface area contributed by atoms with E-state index in [1.54, 1.807) is 6.07 Å². The standard InChI is InChI=1S/C14H11F2N3S/c15-9-5-8(7-17)6-10(16)13(9)19-14-18-11-3-1-2-4-12(11)20-14/h5-6H,1-4H2,(H,18,19). The number of benzene rings is 1. The molecule has 1 N–H and O–H groups in total. The van der Waals surface area contributed by atoms with Gasteiger partial charge < -0.3 is 5.32 Å². The fraction of sp³-hybridized carbons (Fsp3) is 0.286. The Bertz CT molecular complexity index is 656. The lowest BCUT2D eigenvalue weighted by molar-refractivity contribution is 0.590. The van der Waals surface area contributed by atoms with Crippen molar-refractivity contribution in [2.24, 2.45) is 0 Å². The highest BCUT2D eigenvalue weighted by Crippen LogP contribution is 2.32. The molecule has 0 fully saturated rings. The van der Waals surface area contributed by atoms with Crippen LogP contribution in [0.15, 0.2) is 12.1 Å². The molecular formula is C14H11F2N3S. The molecule has 6 heteroatoms. The second kappa shape index (κ2) is 5.17. The van der Waals surface area contributed by atoms with Crippen molar-refractivity contribution in [1.82, 2.24) is 4.98 Å². The lowest BCUT2D eigenvalue weighted by Gasteiger charge is -2.06. The van der Waals surface area contributed by atoms with E-state index in [0.717, 1.165) is 43.5 Å². The highest BCUT2D eigenvalue weighted by atomic mass is 32.1. The van der Waals surface area contributed by atoms with Gasteiger partial charge in [-0.3, -0.25) is 0 Å². The third kappa shape index (κ3) is 2.37. The third-order valence-corrected chi connectivity index (χ3v) is 4.32. The molecule has 102 valence electrons. The Kier molecular flexibility index (Phi) is 3.36. The zero-order valence-electron chi connectivity index (χ0n) is 10.5. The van der Waals surface area contributed by atoms with Crippen LogP contribution < -0.4 is 5.32 Å². The van der Waals surface area contributed by atoms with E-state index in [4.69, 9.17) is 5.26 Å². The van der Waals surface area contributed by atoms with Crippen molar-refractivity contribution in [3.8, 4) is 6.07 Å². The summed E-state index contributed by atoms with van der Waals surface area (Å²) in [7, 11) is 0. The maximum Gasteiger partial charge on any atom is 0.187 e. The smallest absolute Gasteiger partial charge is 0.187 e. The average Bonchev–Trinajstić information content (AvgIpc) is 2.85. The molecule has 0 aliphatic heterocycles. The topological polar surface area (TPSA) is 48.7 Å². The van der Waals surface area contributed by atoms with Gasteiger partial charge in [0, 0.05) is 4.88 Å². The summed E-state index contributed by atoms with van der Waals surface area (Å²) >= 11 is 1.44. The number of aryl methyl sites for hydroxylation is 2. The largest absolute Gasteiger partial charge is 0.327 e. The van der Waals surface area contributed by atoms with Gasteiger partial charge in [-0.15, -0.1) is 11.3 Å². The number of nitrogens with one attached hydrogen (secondary N) is 1. The van der Waals surface area contributed by atoms with Crippen LogP contribution in [0.4, 0.5) is 19.6 Å². The SMILES string of the molecule is N#Cc1cc(F)c(Nc2nc3c(s2)CCCC3)c(F)c1. The maximum atomic E-state index is 13.8. The van der Waals surface area contributed by atoms with Gasteiger partial charge in [-0.2, -0.15) is 5.26 Å². The molecule has 1 aliphatic rings. The Balaban J connectivity index is 1.92. The summed E-state index contributed by atoms with van der Waals surface area (Å²) in [5.74, 6) is -1.57. The molecule has 0 spiro atoms. The van der Waals surface area contributed by atoms with Gasteiger partial charge >= 0.3 is 0 Å². The molecule has 3 rings (SSSR count). The highest BCUT2D eigenvalue weighted by Gasteiger charge is 2.17. The van der Waals surface area contributed by atoms with Gasteiger partial charge in [0.05, 0.1) is 17.3 Å². The van der Waals surface area contributed by atoms with Gasteiger partial charge in [-0.1, -0.05) is 0 Å². The van der Waals surface area contributed by atoms with Crippen LogP contribution in [0.3, 0.4) is 0 Å². The number of hydrogen-bond donors (Lipinski definition) is 1. The van der Waals surface area contributed by atoms with Crippen molar-refractivity contribution in [1.29, 1.82) is 5.26 Å². The summed E-state index contributed by atoms with van der Waals surface area (Å²) in [5.41, 5.74) is 0.734. The number of hydrogen-bond acceptors (Lipinski definition) is 4. The Morgan fingerprint density at radius 1 is 1.20 bits per heavy atom. The van der Waals surface area contributed by atoms with E-state index < -0.39 is 11.6 Å². The molecule has 0 saturated heterocycles. The molecule has 1 heterocycles. The van der Waals surface area contributed by atoms with E-state index in [0.29, 0.717) is 5.13 Å². The normalized spacial score (nSPS) is 13.7. The summed E-state index contributed by atoms with van der Waals surface area (Å²) < 4.78 is 27.6. The second-order valence-corrected chi connectivity index (χ2v) is 5.73. The first-order valence-corrected chi connectivity index (χ1v) is 7.14. The van der Waals surface area contributed by atoms with Crippen LogP contribution in [-0.4, -0.2) is 4.98 Å². The number of rotatable bonds is 2. The summed E-state index contributed by atoms with van der Waals surface area (Å²) in [4.78, 5) is 5.57. The van der Waals surface area contributed by atoms with Gasteiger partial charge in [0.2, 0.25) is 0 Å². The molecule has 1 aliphatic carbocycles. The van der Waals surface area contributed by atoms with Crippen LogP contribution in [0.5, 0.6) is 0 Å². The van der Waals surface area contributed by atoms with Crippen molar-refractivity contribution in [2.45, 2.75) is 25.7 Å². The van der Waals surface area contributed by atoms with Crippen LogP contribution in [-0.2, 0) is 12.8 Å². The molecule has 1 aromatic carbocycles. The van der Waals surface area contributed by atoms with Crippen molar-refractivity contribution in [3.05, 3.63) is 39.9 Å². The minimum Gasteiger partial charge on any atom is -0.327 e. The first-order valence-electron chi connectivity index (χ1n) is 6.32. The molecule has 0 atom stereocenters. The molecule has 0 amide bonds. The minimum absolute atomic E-state index is 0.0380. The lowest BCUT2D eigenvalue weighted by Crippen LogP contribution is -2.00. The zero-order valence-corrected chi connectivity index (χ0v) is 11.4. The zero-order chi connectivity index (χ0) is 14.1. The minimum atomic E-state index is -0.783. The molecule has 0 radical (unpaired) electrons. The Morgan fingerprint density at radius 3 is 2.55 bits per heavy atom. The number of anilines is 2. The predicted octanol–water partition coefficient (Wildman–Crippen LogP) is 3.92. The number of aromatic nitrogens is 1. The molecule has 0 bridgehead atoms. The van der Waals surface area contributed by atoms with Crippen LogP contribution in [0.25, 0.3) is 0 Å². The second-order valence-electron chi connectivity index (χ2n) is 4.65. The number of nitrogens with zero attached hydrogens (tertiary/aromatic N) is 2. The Morgan fingerprint density at radius 2 is 1.90 bits per heavy atom. The molecule has 2 aromatic rings. The van der Waals surface area contributed by atoms with Crippen molar-refractivity contribution >= 4 is 22.2 Å². The number of halogens is 2. The van der Waals surface area contributed by atoms with Crippen molar-refractivity contribution in [2.75, 3.05) is 5.32 Å². The monoisotopic (exact) mass is 291 g/mol. The fourth-order valence-electron chi connectivity index (χ4n) is 2.27. The molecule has 20 heavy (non-hydrogen) atoms. The summed E-state index contributed by atoms with van der Waals surface area (Å²) in [6.07, 6.45) is 4.14. The maximum absolute atomic E-state index is 13.8. The van der Waals surface area contributed by atoms with Crippen LogP contribution in [0, 0.1) is 23.0 Å². The van der Waals surface area contributed by atoms with E-state index in [1.807, 2.05) is 0 Å². The molecule has 0 unspecified atom stereocenters. The first-order chi connectivity index (χ1) is 9.67. The van der Waals surface area contributed by atoms with Crippen molar-refractivity contribution < 1.29 is 8.78 Å². The third-order valence-electron chi connectivity index (χ3n) is 3.25. The van der Waals surface area contributed by atoms with Gasteiger partial charge in [0.15, 0.2) is 16.8 Å². The van der Waals surface area contributed by atoms with Gasteiger partial charge in [0.25, 0.3) is 0 Å². The van der Waals surface area contributed by atoms with Gasteiger partial charge in [0.1, 0.15) is 5.69 Å². The van der Waals surface area contributed by atoms with Crippen molar-refractivity contribution in [3.63, 3.8) is 0 Å². The molecule has 0 saturated carbocycles. The summed E-state index contributed by atoms with van der Waals surface area (Å²) in [5, 5.41) is 11.9. The summed E-state index contributed by atoms with van der Waals surface area (Å²) in [6.45, 7) is 0. The Hall–Kier alpha value is -2.00. The first kappa shape index (κ1) is 13.0. The number of fused-ring (bicyclic) bond motifs is 1. The molecule has 3 nitrogen and oxygen atoms in total. The number of thiazole rings is 1. The van der Waals surface area contributed by atoms with Crippen LogP contribution >= 0.6 is 11.3 Å². The number of nitriles is 1. The van der Waals surface area contributed by atoms with E-state index >= 15 is 0 Å². The van der Waals surface area contributed by atoms with E-state index in [1.165, 1.54) is 16.2 Å². The summed E-state index contributed by atoms with van der Waals surface area (Å²) in [6, 6.07) is 3.74. The van der Waals surface area contributed by atoms with Crippen LogP contribution in [0.1, 0.15) is 29.0 Å². The Labute approximate surface area is 118 Å². The van der Waals surface area contributed by atoms with E-state index in [9.17, 15) is 8.78 Å². The van der Waals surface area contributed by atoms with Gasteiger partial charge in [-0.25, -0.2) is 13.8 Å². The predicted molar refractivity (Wildman–Crippen MR) is 73.1 cm³/mol. The lowest BCUT2D eigenvalue weighted by atomic mass is 10.0. The molecule has 1 aromatic heterocycles. The van der Waals surface area contributed by atoms with Gasteiger partial charge in [-0.05, 0) is 37.8 Å². The highest BCUT2D eigenvalue weighted by molar-refractivity contribution is 7.15.